The van der Waals surface area contributed by atoms with E-state index in [-0.39, 0.29) is 5.54 Å². The average Bonchev–Trinajstić information content (AvgIpc) is 2.76. The molecule has 0 unspecified atom stereocenters. The van der Waals surface area contributed by atoms with Crippen LogP contribution < -0.4 is 5.32 Å². The van der Waals surface area contributed by atoms with E-state index in [9.17, 15) is 0 Å². The maximum Gasteiger partial charge on any atom is 0.0453 e. The highest BCUT2D eigenvalue weighted by Crippen LogP contribution is 2.44. The van der Waals surface area contributed by atoms with E-state index in [1.54, 1.807) is 0 Å². The van der Waals surface area contributed by atoms with Gasteiger partial charge in [0, 0.05) is 34.9 Å². The van der Waals surface area contributed by atoms with Gasteiger partial charge in [0.25, 0.3) is 0 Å². The van der Waals surface area contributed by atoms with Crippen LogP contribution in [-0.2, 0) is 0 Å². The Kier molecular flexibility index (Phi) is 3.53. The van der Waals surface area contributed by atoms with Crippen molar-refractivity contribution in [2.24, 2.45) is 0 Å². The monoisotopic (exact) mass is 286 g/mol. The zero-order chi connectivity index (χ0) is 14.2. The fourth-order valence-electron chi connectivity index (χ4n) is 3.25. The van der Waals surface area contributed by atoms with Gasteiger partial charge in [-0.15, -0.1) is 0 Å². The van der Waals surface area contributed by atoms with E-state index >= 15 is 0 Å². The highest BCUT2D eigenvalue weighted by molar-refractivity contribution is 6.31. The van der Waals surface area contributed by atoms with Crippen molar-refractivity contribution in [3.05, 3.63) is 64.9 Å². The number of aromatic nitrogens is 1. The molecule has 0 bridgehead atoms. The first-order valence-electron chi connectivity index (χ1n) is 7.00. The Morgan fingerprint density at radius 2 is 1.85 bits per heavy atom. The Hall–Kier alpha value is -1.38. The largest absolute Gasteiger partial charge is 0.304 e. The van der Waals surface area contributed by atoms with Crippen LogP contribution in [0, 0.1) is 0 Å². The molecule has 0 spiro atoms. The normalized spacial score (nSPS) is 24.8. The van der Waals surface area contributed by atoms with Crippen LogP contribution in [0.3, 0.4) is 0 Å². The van der Waals surface area contributed by atoms with Gasteiger partial charge in [-0.25, -0.2) is 0 Å². The molecule has 3 rings (SSSR count). The zero-order valence-electron chi connectivity index (χ0n) is 11.8. The predicted molar refractivity (Wildman–Crippen MR) is 83.0 cm³/mol. The molecule has 20 heavy (non-hydrogen) atoms. The summed E-state index contributed by atoms with van der Waals surface area (Å²) in [5.41, 5.74) is 2.58. The van der Waals surface area contributed by atoms with Crippen LogP contribution in [0.15, 0.2) is 48.8 Å². The smallest absolute Gasteiger partial charge is 0.0453 e. The van der Waals surface area contributed by atoms with E-state index < -0.39 is 0 Å². The lowest BCUT2D eigenvalue weighted by Gasteiger charge is -2.27. The van der Waals surface area contributed by atoms with Gasteiger partial charge in [0.15, 0.2) is 0 Å². The third kappa shape index (κ3) is 2.46. The van der Waals surface area contributed by atoms with Gasteiger partial charge in [0.1, 0.15) is 0 Å². The summed E-state index contributed by atoms with van der Waals surface area (Å²) >= 11 is 6.34. The van der Waals surface area contributed by atoms with E-state index in [0.29, 0.717) is 12.0 Å². The van der Waals surface area contributed by atoms with Gasteiger partial charge >= 0.3 is 0 Å². The summed E-state index contributed by atoms with van der Waals surface area (Å²) in [6, 6.07) is 12.6. The first-order chi connectivity index (χ1) is 9.58. The number of benzene rings is 1. The van der Waals surface area contributed by atoms with Crippen LogP contribution in [0.1, 0.15) is 43.4 Å². The number of rotatable bonds is 2. The minimum absolute atomic E-state index is 0.0468. The van der Waals surface area contributed by atoms with Crippen LogP contribution >= 0.6 is 11.6 Å². The molecule has 1 aliphatic heterocycles. The molecule has 2 nitrogen and oxygen atoms in total. The maximum absolute atomic E-state index is 6.34. The Labute approximate surface area is 125 Å². The van der Waals surface area contributed by atoms with E-state index in [0.717, 1.165) is 11.4 Å². The molecule has 0 saturated carbocycles. The van der Waals surface area contributed by atoms with Gasteiger partial charge in [0.2, 0.25) is 0 Å². The molecule has 1 aromatic heterocycles. The minimum Gasteiger partial charge on any atom is -0.304 e. The third-order valence-corrected chi connectivity index (χ3v) is 4.62. The number of pyridine rings is 1. The molecule has 0 aliphatic carbocycles. The van der Waals surface area contributed by atoms with Crippen molar-refractivity contribution in [1.29, 1.82) is 0 Å². The molecule has 2 atom stereocenters. The van der Waals surface area contributed by atoms with Gasteiger partial charge in [0.05, 0.1) is 0 Å². The first kappa shape index (κ1) is 13.6. The van der Waals surface area contributed by atoms with Crippen LogP contribution in [0.2, 0.25) is 5.02 Å². The van der Waals surface area contributed by atoms with Gasteiger partial charge in [-0.1, -0.05) is 29.8 Å². The molecule has 1 aromatic carbocycles. The standard InChI is InChI=1S/C17H19ClN2/c1-17(2)14(12-7-9-19-10-8-12)11-16(20-17)13-5-3-4-6-15(13)18/h3-10,14,16,20H,11H2,1-2H3/t14-,16+/m1/s1. The highest BCUT2D eigenvalue weighted by atomic mass is 35.5. The topological polar surface area (TPSA) is 24.9 Å². The first-order valence-corrected chi connectivity index (χ1v) is 7.38. The van der Waals surface area contributed by atoms with Gasteiger partial charge in [-0.3, -0.25) is 4.98 Å². The van der Waals surface area contributed by atoms with E-state index in [2.05, 4.69) is 48.4 Å². The summed E-state index contributed by atoms with van der Waals surface area (Å²) in [5.74, 6) is 0.465. The number of nitrogens with zero attached hydrogens (tertiary/aromatic N) is 1. The van der Waals surface area contributed by atoms with Gasteiger partial charge in [-0.05, 0) is 49.6 Å². The van der Waals surface area contributed by atoms with Crippen molar-refractivity contribution in [2.45, 2.75) is 37.8 Å². The molecule has 0 radical (unpaired) electrons. The SMILES string of the molecule is CC1(C)N[C@H](c2ccccc2Cl)C[C@@H]1c1ccncc1. The van der Waals surface area contributed by atoms with Crippen LogP contribution in [-0.4, -0.2) is 10.5 Å². The summed E-state index contributed by atoms with van der Waals surface area (Å²) in [6.07, 6.45) is 4.79. The second-order valence-corrected chi connectivity index (χ2v) is 6.42. The lowest BCUT2D eigenvalue weighted by molar-refractivity contribution is 0.397. The van der Waals surface area contributed by atoms with Crippen molar-refractivity contribution in [2.75, 3.05) is 0 Å². The quantitative estimate of drug-likeness (QED) is 0.889. The lowest BCUT2D eigenvalue weighted by Crippen LogP contribution is -2.37. The van der Waals surface area contributed by atoms with Crippen molar-refractivity contribution in [3.63, 3.8) is 0 Å². The van der Waals surface area contributed by atoms with Crippen molar-refractivity contribution >= 4 is 11.6 Å². The van der Waals surface area contributed by atoms with E-state index in [1.165, 1.54) is 11.1 Å². The Balaban J connectivity index is 1.91. The molecule has 2 aromatic rings. The lowest BCUT2D eigenvalue weighted by atomic mass is 9.83. The highest BCUT2D eigenvalue weighted by Gasteiger charge is 2.41. The van der Waals surface area contributed by atoms with Crippen LogP contribution in [0.5, 0.6) is 0 Å². The Morgan fingerprint density at radius 3 is 2.55 bits per heavy atom. The minimum atomic E-state index is 0.0468. The van der Waals surface area contributed by atoms with Crippen LogP contribution in [0.25, 0.3) is 0 Å². The van der Waals surface area contributed by atoms with Gasteiger partial charge < -0.3 is 5.32 Å². The van der Waals surface area contributed by atoms with Crippen molar-refractivity contribution < 1.29 is 0 Å². The third-order valence-electron chi connectivity index (χ3n) is 4.28. The fourth-order valence-corrected chi connectivity index (χ4v) is 3.52. The number of hydrogen-bond acceptors (Lipinski definition) is 2. The number of nitrogens with one attached hydrogen (secondary N) is 1. The predicted octanol–water partition coefficient (Wildman–Crippen LogP) is 4.33. The Morgan fingerprint density at radius 1 is 1.15 bits per heavy atom. The molecule has 3 heteroatoms. The molecule has 104 valence electrons. The summed E-state index contributed by atoms with van der Waals surface area (Å²) in [4.78, 5) is 4.11. The summed E-state index contributed by atoms with van der Waals surface area (Å²) in [5, 5.41) is 4.57. The molecule has 1 N–H and O–H groups in total. The second kappa shape index (κ2) is 5.19. The number of halogens is 1. The molecule has 1 fully saturated rings. The summed E-state index contributed by atoms with van der Waals surface area (Å²) < 4.78 is 0. The molecule has 1 saturated heterocycles. The molecule has 2 heterocycles. The Bertz CT molecular complexity index is 595. The zero-order valence-corrected chi connectivity index (χ0v) is 12.6. The van der Waals surface area contributed by atoms with Crippen molar-refractivity contribution in [3.8, 4) is 0 Å². The molecular weight excluding hydrogens is 268 g/mol. The van der Waals surface area contributed by atoms with E-state index in [1.807, 2.05) is 24.5 Å². The second-order valence-electron chi connectivity index (χ2n) is 6.01. The number of hydrogen-bond donors (Lipinski definition) is 1. The van der Waals surface area contributed by atoms with Crippen molar-refractivity contribution in [1.82, 2.24) is 10.3 Å². The fraction of sp³-hybridized carbons (Fsp3) is 0.353. The van der Waals surface area contributed by atoms with E-state index in [4.69, 9.17) is 11.6 Å². The van der Waals surface area contributed by atoms with Crippen LogP contribution in [0.4, 0.5) is 0 Å². The molecule has 0 amide bonds. The average molecular weight is 287 g/mol. The summed E-state index contributed by atoms with van der Waals surface area (Å²) in [7, 11) is 0. The molecular formula is C17H19ClN2. The molecule has 1 aliphatic rings. The summed E-state index contributed by atoms with van der Waals surface area (Å²) in [6.45, 7) is 4.52. The maximum atomic E-state index is 6.34. The van der Waals surface area contributed by atoms with Gasteiger partial charge in [-0.2, -0.15) is 0 Å².